The predicted molar refractivity (Wildman–Crippen MR) is 140 cm³/mol. The molecule has 3 aromatic rings. The Hall–Kier alpha value is -3.30. The second kappa shape index (κ2) is 9.87. The number of anilines is 1. The van der Waals surface area contributed by atoms with Crippen LogP contribution in [0, 0.1) is 5.82 Å². The summed E-state index contributed by atoms with van der Waals surface area (Å²) in [4.78, 5) is 18.5. The standard InChI is InChI=1S/C27H29ClFN5O3/c1-2-37-25(35)15-24-23-4-3-9-32(23)17-33(24)34-16-21-22(28)14-20(26(29)27(21)30-34)18-5-7-19(8-6-18)31-10-12-36-13-11-31/h5-8,14,16H,2-4,9-13,15,17H2,1H3. The second-order valence-corrected chi connectivity index (χ2v) is 9.87. The van der Waals surface area contributed by atoms with Crippen LogP contribution < -0.4 is 9.91 Å². The Morgan fingerprint density at radius 2 is 1.95 bits per heavy atom. The number of benzene rings is 2. The second-order valence-electron chi connectivity index (χ2n) is 9.46. The molecule has 3 aliphatic heterocycles. The number of carbonyl (C=O) groups excluding carboxylic acids is 1. The molecule has 3 aliphatic rings. The maximum atomic E-state index is 15.9. The van der Waals surface area contributed by atoms with Crippen molar-refractivity contribution in [2.75, 3.05) is 56.0 Å². The number of morpholine rings is 1. The molecule has 2 saturated heterocycles. The summed E-state index contributed by atoms with van der Waals surface area (Å²) in [5.41, 5.74) is 4.40. The normalized spacial score (nSPS) is 17.8. The lowest BCUT2D eigenvalue weighted by molar-refractivity contribution is -0.142. The van der Waals surface area contributed by atoms with E-state index in [-0.39, 0.29) is 17.9 Å². The van der Waals surface area contributed by atoms with Crippen LogP contribution in [0.25, 0.3) is 22.0 Å². The highest BCUT2D eigenvalue weighted by Gasteiger charge is 2.35. The molecule has 6 rings (SSSR count). The number of aromatic nitrogens is 2. The fourth-order valence-electron chi connectivity index (χ4n) is 5.44. The predicted octanol–water partition coefficient (Wildman–Crippen LogP) is 4.50. The highest BCUT2D eigenvalue weighted by molar-refractivity contribution is 6.35. The lowest BCUT2D eigenvalue weighted by Crippen LogP contribution is -2.36. The first-order valence-corrected chi connectivity index (χ1v) is 13.1. The van der Waals surface area contributed by atoms with Crippen molar-refractivity contribution in [2.24, 2.45) is 0 Å². The lowest BCUT2D eigenvalue weighted by atomic mass is 10.0. The van der Waals surface area contributed by atoms with E-state index >= 15 is 4.39 Å². The number of hydrogen-bond acceptors (Lipinski definition) is 7. The highest BCUT2D eigenvalue weighted by Crippen LogP contribution is 2.37. The van der Waals surface area contributed by atoms with Gasteiger partial charge in [0, 0.05) is 42.0 Å². The average Bonchev–Trinajstić information content (AvgIpc) is 3.63. The van der Waals surface area contributed by atoms with Crippen LogP contribution in [0.15, 0.2) is 47.9 Å². The zero-order valence-corrected chi connectivity index (χ0v) is 21.5. The van der Waals surface area contributed by atoms with Crippen molar-refractivity contribution >= 4 is 34.2 Å². The van der Waals surface area contributed by atoms with Crippen molar-refractivity contribution in [3.63, 3.8) is 0 Å². The van der Waals surface area contributed by atoms with Gasteiger partial charge >= 0.3 is 5.97 Å². The third-order valence-corrected chi connectivity index (χ3v) is 7.58. The first-order valence-electron chi connectivity index (χ1n) is 12.7. The maximum Gasteiger partial charge on any atom is 0.311 e. The summed E-state index contributed by atoms with van der Waals surface area (Å²) >= 11 is 6.66. The topological polar surface area (TPSA) is 63.1 Å². The molecule has 4 heterocycles. The van der Waals surface area contributed by atoms with Gasteiger partial charge in [-0.1, -0.05) is 23.7 Å². The van der Waals surface area contributed by atoms with Crippen molar-refractivity contribution in [2.45, 2.75) is 26.2 Å². The molecule has 1 aromatic heterocycles. The van der Waals surface area contributed by atoms with Gasteiger partial charge in [-0.3, -0.25) is 4.79 Å². The molecule has 0 amide bonds. The first kappa shape index (κ1) is 24.1. The van der Waals surface area contributed by atoms with E-state index in [0.29, 0.717) is 42.5 Å². The summed E-state index contributed by atoms with van der Waals surface area (Å²) < 4.78 is 26.5. The fourth-order valence-corrected chi connectivity index (χ4v) is 5.69. The van der Waals surface area contributed by atoms with Crippen LogP contribution in [-0.4, -0.2) is 66.9 Å². The number of carbonyl (C=O) groups is 1. The fraction of sp³-hybridized carbons (Fsp3) is 0.407. The number of rotatable bonds is 6. The third-order valence-electron chi connectivity index (χ3n) is 7.27. The van der Waals surface area contributed by atoms with Gasteiger partial charge in [-0.25, -0.2) is 9.40 Å². The Morgan fingerprint density at radius 1 is 1.16 bits per heavy atom. The molecule has 194 valence electrons. The van der Waals surface area contributed by atoms with Crippen molar-refractivity contribution in [3.8, 4) is 11.1 Å². The summed E-state index contributed by atoms with van der Waals surface area (Å²) in [5, 5.41) is 7.48. The summed E-state index contributed by atoms with van der Waals surface area (Å²) in [6.07, 6.45) is 3.82. The van der Waals surface area contributed by atoms with E-state index in [4.69, 9.17) is 21.1 Å². The molecule has 0 aliphatic carbocycles. The number of nitrogens with zero attached hydrogens (tertiary/aromatic N) is 5. The quantitative estimate of drug-likeness (QED) is 0.439. The van der Waals surface area contributed by atoms with Crippen LogP contribution in [-0.2, 0) is 14.3 Å². The smallest absolute Gasteiger partial charge is 0.311 e. The number of hydrogen-bond donors (Lipinski definition) is 0. The van der Waals surface area contributed by atoms with Crippen LogP contribution in [0.1, 0.15) is 26.2 Å². The molecular formula is C27H29ClFN5O3. The van der Waals surface area contributed by atoms with Crippen molar-refractivity contribution in [1.82, 2.24) is 14.8 Å². The molecule has 0 spiro atoms. The number of ether oxygens (including phenoxy) is 2. The Morgan fingerprint density at radius 3 is 2.70 bits per heavy atom. The van der Waals surface area contributed by atoms with Crippen molar-refractivity contribution in [1.29, 1.82) is 0 Å². The van der Waals surface area contributed by atoms with Crippen LogP contribution in [0.3, 0.4) is 0 Å². The van der Waals surface area contributed by atoms with Gasteiger partial charge in [0.2, 0.25) is 0 Å². The first-order chi connectivity index (χ1) is 18.0. The van der Waals surface area contributed by atoms with Crippen LogP contribution in [0.2, 0.25) is 5.02 Å². The Balaban J connectivity index is 1.33. The summed E-state index contributed by atoms with van der Waals surface area (Å²) in [6, 6.07) is 9.50. The van der Waals surface area contributed by atoms with Gasteiger partial charge < -0.3 is 19.3 Å². The molecule has 8 nitrogen and oxygen atoms in total. The van der Waals surface area contributed by atoms with Crippen LogP contribution in [0.4, 0.5) is 10.1 Å². The molecule has 0 bridgehead atoms. The minimum absolute atomic E-state index is 0.146. The van der Waals surface area contributed by atoms with Gasteiger partial charge in [-0.05, 0) is 43.5 Å². The molecule has 10 heteroatoms. The van der Waals surface area contributed by atoms with E-state index in [1.54, 1.807) is 24.0 Å². The van der Waals surface area contributed by atoms with Crippen molar-refractivity contribution in [3.05, 3.63) is 58.8 Å². The molecule has 0 unspecified atom stereocenters. The number of allylic oxidation sites excluding steroid dienone is 1. The van der Waals surface area contributed by atoms with E-state index in [1.807, 2.05) is 29.3 Å². The number of esters is 1. The van der Waals surface area contributed by atoms with E-state index in [1.165, 1.54) is 0 Å². The number of fused-ring (bicyclic) bond motifs is 2. The SMILES string of the molecule is CCOC(=O)CC1=C2CCCN2CN1n1cc2c(Cl)cc(-c3ccc(N4CCOCC4)cc3)c(F)c2n1. The molecule has 0 N–H and O–H groups in total. The van der Waals surface area contributed by atoms with Crippen LogP contribution in [0.5, 0.6) is 0 Å². The highest BCUT2D eigenvalue weighted by atomic mass is 35.5. The van der Waals surface area contributed by atoms with Gasteiger partial charge in [0.05, 0.1) is 43.2 Å². The van der Waals surface area contributed by atoms with Crippen molar-refractivity contribution < 1.29 is 18.7 Å². The van der Waals surface area contributed by atoms with Gasteiger partial charge in [-0.15, -0.1) is 5.10 Å². The molecule has 0 saturated carbocycles. The van der Waals surface area contributed by atoms with Gasteiger partial charge in [0.1, 0.15) is 12.2 Å². The Bertz CT molecular complexity index is 1370. The third kappa shape index (κ3) is 4.40. The van der Waals surface area contributed by atoms with E-state index in [2.05, 4.69) is 14.9 Å². The van der Waals surface area contributed by atoms with Gasteiger partial charge in [0.25, 0.3) is 0 Å². The largest absolute Gasteiger partial charge is 0.466 e. The van der Waals surface area contributed by atoms with Crippen LogP contribution >= 0.6 is 11.6 Å². The molecular weight excluding hydrogens is 497 g/mol. The molecule has 37 heavy (non-hydrogen) atoms. The lowest BCUT2D eigenvalue weighted by Gasteiger charge is -2.28. The molecule has 2 aromatic carbocycles. The van der Waals surface area contributed by atoms with E-state index in [0.717, 1.165) is 55.1 Å². The molecule has 0 radical (unpaired) electrons. The minimum Gasteiger partial charge on any atom is -0.466 e. The summed E-state index contributed by atoms with van der Waals surface area (Å²) in [5.74, 6) is -0.705. The zero-order chi connectivity index (χ0) is 25.5. The monoisotopic (exact) mass is 525 g/mol. The zero-order valence-electron chi connectivity index (χ0n) is 20.8. The molecule has 2 fully saturated rings. The van der Waals surface area contributed by atoms with E-state index in [9.17, 15) is 4.79 Å². The maximum absolute atomic E-state index is 15.9. The number of halogens is 2. The summed E-state index contributed by atoms with van der Waals surface area (Å²) in [7, 11) is 0. The van der Waals surface area contributed by atoms with E-state index < -0.39 is 5.82 Å². The average molecular weight is 526 g/mol. The van der Waals surface area contributed by atoms with Gasteiger partial charge in [-0.2, -0.15) is 4.79 Å². The van der Waals surface area contributed by atoms with Gasteiger partial charge in [0.15, 0.2) is 5.82 Å². The molecule has 0 atom stereocenters. The minimum atomic E-state index is -0.420. The Kier molecular flexibility index (Phi) is 6.42. The Labute approximate surface area is 219 Å². The summed E-state index contributed by atoms with van der Waals surface area (Å²) in [6.45, 7) is 6.68.